The molecule has 1 saturated heterocycles. The number of methoxy groups -OCH3 is 1. The lowest BCUT2D eigenvalue weighted by Crippen LogP contribution is -2.45. The van der Waals surface area contributed by atoms with E-state index in [4.69, 9.17) is 21.1 Å². The monoisotopic (exact) mass is 482 g/mol. The number of carbonyl (C=O) groups excluding carboxylic acids is 1. The number of likely N-dealkylation sites (N-methyl/N-ethyl adjacent to an activating group) is 1. The molecule has 9 heteroatoms. The van der Waals surface area contributed by atoms with Gasteiger partial charge in [0, 0.05) is 7.05 Å². The third kappa shape index (κ3) is 4.17. The molecule has 33 heavy (non-hydrogen) atoms. The molecule has 1 atom stereocenters. The minimum Gasteiger partial charge on any atom is -0.497 e. The van der Waals surface area contributed by atoms with Crippen molar-refractivity contribution in [3.8, 4) is 22.6 Å². The van der Waals surface area contributed by atoms with Gasteiger partial charge in [-0.3, -0.25) is 4.79 Å². The molecule has 7 nitrogen and oxygen atoms in total. The van der Waals surface area contributed by atoms with E-state index in [9.17, 15) is 13.2 Å². The summed E-state index contributed by atoms with van der Waals surface area (Å²) in [5.41, 5.74) is 1.67. The fourth-order valence-electron chi connectivity index (χ4n) is 4.07. The fraction of sp³-hybridized carbons (Fsp3) is 0.167. The van der Waals surface area contributed by atoms with Crippen LogP contribution in [0.5, 0.6) is 11.5 Å². The van der Waals surface area contributed by atoms with Crippen LogP contribution < -0.4 is 14.2 Å². The van der Waals surface area contributed by atoms with Gasteiger partial charge in [-0.15, -0.1) is 0 Å². The highest BCUT2D eigenvalue weighted by Crippen LogP contribution is 2.41. The normalized spacial score (nSPS) is 18.2. The molecule has 3 aromatic carbocycles. The van der Waals surface area contributed by atoms with Crippen molar-refractivity contribution >= 4 is 33.4 Å². The van der Waals surface area contributed by atoms with E-state index in [-0.39, 0.29) is 16.8 Å². The Hall–Kier alpha value is -3.43. The first kappa shape index (κ1) is 22.8. The van der Waals surface area contributed by atoms with Crippen molar-refractivity contribution < 1.29 is 22.1 Å². The topological polar surface area (TPSA) is 84.9 Å². The smallest absolute Gasteiger partial charge is 0.306 e. The van der Waals surface area contributed by atoms with E-state index in [1.54, 1.807) is 37.3 Å². The summed E-state index contributed by atoms with van der Waals surface area (Å²) >= 11 is 5.40. The summed E-state index contributed by atoms with van der Waals surface area (Å²) in [5.74, 6) is 0.488. The lowest BCUT2D eigenvalue weighted by Gasteiger charge is -2.35. The third-order valence-electron chi connectivity index (χ3n) is 5.54. The van der Waals surface area contributed by atoms with Gasteiger partial charge >= 0.3 is 10.1 Å². The fourth-order valence-corrected chi connectivity index (χ4v) is 4.75. The first-order valence-electron chi connectivity index (χ1n) is 9.99. The van der Waals surface area contributed by atoms with E-state index < -0.39 is 15.7 Å². The van der Waals surface area contributed by atoms with Gasteiger partial charge in [-0.2, -0.15) is 8.42 Å². The van der Waals surface area contributed by atoms with Gasteiger partial charge in [-0.25, -0.2) is 0 Å². The van der Waals surface area contributed by atoms with E-state index in [0.717, 1.165) is 23.1 Å². The van der Waals surface area contributed by atoms with Crippen molar-refractivity contribution in [1.29, 1.82) is 0 Å². The summed E-state index contributed by atoms with van der Waals surface area (Å²) in [5, 5.41) is 3.00. The van der Waals surface area contributed by atoms with Crippen molar-refractivity contribution in [3.05, 3.63) is 83.9 Å². The molecule has 4 rings (SSSR count). The average Bonchev–Trinajstić information content (AvgIpc) is 3.01. The van der Waals surface area contributed by atoms with Crippen LogP contribution >= 0.6 is 12.2 Å². The van der Waals surface area contributed by atoms with E-state index in [2.05, 4.69) is 5.32 Å². The molecule has 1 fully saturated rings. The number of nitrogens with one attached hydrogen (secondary N) is 1. The highest BCUT2D eigenvalue weighted by atomic mass is 32.2. The standard InChI is InChI=1S/C24H22N2O5S2/c1-26-23(32)25-22(27)24(26,19-10-6-12-21(15-19)31-33(3,28)29)18-9-4-7-16(13-18)17-8-5-11-20(14-17)30-2/h4-15H,1-3H3,(H,25,27,32). The molecule has 0 radical (unpaired) electrons. The molecule has 0 aliphatic carbocycles. The van der Waals surface area contributed by atoms with E-state index in [1.165, 1.54) is 6.07 Å². The maximum Gasteiger partial charge on any atom is 0.306 e. The largest absolute Gasteiger partial charge is 0.497 e. The average molecular weight is 483 g/mol. The number of carbonyl (C=O) groups is 1. The van der Waals surface area contributed by atoms with Crippen molar-refractivity contribution in [2.45, 2.75) is 5.54 Å². The number of thiocarbonyl (C=S) groups is 1. The lowest BCUT2D eigenvalue weighted by atomic mass is 9.80. The molecule has 1 amide bonds. The molecule has 3 aromatic rings. The van der Waals surface area contributed by atoms with Crippen LogP contribution in [0.4, 0.5) is 0 Å². The summed E-state index contributed by atoms with van der Waals surface area (Å²) in [4.78, 5) is 15.1. The highest BCUT2D eigenvalue weighted by molar-refractivity contribution is 7.86. The molecule has 1 unspecified atom stereocenters. The summed E-state index contributed by atoms with van der Waals surface area (Å²) < 4.78 is 33.8. The summed E-state index contributed by atoms with van der Waals surface area (Å²) in [6, 6.07) is 21.7. The van der Waals surface area contributed by atoms with Gasteiger partial charge in [-0.05, 0) is 64.8 Å². The van der Waals surface area contributed by atoms with Gasteiger partial charge in [0.25, 0.3) is 5.91 Å². The number of benzene rings is 3. The highest BCUT2D eigenvalue weighted by Gasteiger charge is 2.52. The van der Waals surface area contributed by atoms with Crippen LogP contribution in [0.15, 0.2) is 72.8 Å². The second-order valence-electron chi connectivity index (χ2n) is 7.66. The molecular weight excluding hydrogens is 460 g/mol. The zero-order valence-corrected chi connectivity index (χ0v) is 19.9. The van der Waals surface area contributed by atoms with Crippen LogP contribution in [0.25, 0.3) is 11.1 Å². The SMILES string of the molecule is COc1cccc(-c2cccc(C3(c4cccc(OS(C)(=O)=O)c4)C(=O)NC(=S)N3C)c2)c1. The first-order chi connectivity index (χ1) is 15.6. The Bertz CT molecular complexity index is 1360. The van der Waals surface area contributed by atoms with Crippen LogP contribution in [-0.4, -0.2) is 44.8 Å². The van der Waals surface area contributed by atoms with Crippen molar-refractivity contribution in [2.75, 3.05) is 20.4 Å². The van der Waals surface area contributed by atoms with Gasteiger partial charge < -0.3 is 19.1 Å². The minimum absolute atomic E-state index is 0.109. The Morgan fingerprint density at radius 2 is 1.48 bits per heavy atom. The van der Waals surface area contributed by atoms with Crippen LogP contribution in [0.1, 0.15) is 11.1 Å². The maximum absolute atomic E-state index is 13.4. The van der Waals surface area contributed by atoms with Crippen LogP contribution in [0.2, 0.25) is 0 Å². The minimum atomic E-state index is -3.74. The van der Waals surface area contributed by atoms with Crippen LogP contribution in [0.3, 0.4) is 0 Å². The Balaban J connectivity index is 1.91. The van der Waals surface area contributed by atoms with Crippen molar-refractivity contribution in [1.82, 2.24) is 10.2 Å². The molecule has 0 aromatic heterocycles. The molecular formula is C24H22N2O5S2. The second-order valence-corrected chi connectivity index (χ2v) is 9.62. The van der Waals surface area contributed by atoms with Crippen molar-refractivity contribution in [2.24, 2.45) is 0 Å². The predicted molar refractivity (Wildman–Crippen MR) is 130 cm³/mol. The van der Waals surface area contributed by atoms with E-state index in [0.29, 0.717) is 11.1 Å². The van der Waals surface area contributed by atoms with Gasteiger partial charge in [0.15, 0.2) is 10.7 Å². The Labute approximate surface area is 198 Å². The Kier molecular flexibility index (Phi) is 5.85. The number of nitrogens with zero attached hydrogens (tertiary/aromatic N) is 1. The zero-order chi connectivity index (χ0) is 23.8. The third-order valence-corrected chi connectivity index (χ3v) is 6.41. The second kappa shape index (κ2) is 8.49. The number of amides is 1. The number of rotatable bonds is 6. The van der Waals surface area contributed by atoms with Gasteiger partial charge in [0.1, 0.15) is 11.5 Å². The zero-order valence-electron chi connectivity index (χ0n) is 18.2. The summed E-state index contributed by atoms with van der Waals surface area (Å²) in [6.45, 7) is 0. The lowest BCUT2D eigenvalue weighted by molar-refractivity contribution is -0.124. The van der Waals surface area contributed by atoms with Gasteiger partial charge in [0.05, 0.1) is 13.4 Å². The van der Waals surface area contributed by atoms with Crippen molar-refractivity contribution in [3.63, 3.8) is 0 Å². The molecule has 170 valence electrons. The molecule has 1 aliphatic rings. The van der Waals surface area contributed by atoms with E-state index >= 15 is 0 Å². The Morgan fingerprint density at radius 3 is 2.09 bits per heavy atom. The number of ether oxygens (including phenoxy) is 1. The number of hydrogen-bond donors (Lipinski definition) is 1. The molecule has 0 saturated carbocycles. The van der Waals surface area contributed by atoms with Crippen LogP contribution in [-0.2, 0) is 20.5 Å². The first-order valence-corrected chi connectivity index (χ1v) is 12.2. The number of hydrogen-bond acceptors (Lipinski definition) is 6. The summed E-state index contributed by atoms with van der Waals surface area (Å²) in [7, 11) is -0.410. The van der Waals surface area contributed by atoms with E-state index in [1.807, 2.05) is 48.5 Å². The molecule has 1 aliphatic heterocycles. The van der Waals surface area contributed by atoms with Crippen LogP contribution in [0, 0.1) is 0 Å². The molecule has 1 N–H and O–H groups in total. The quantitative estimate of drug-likeness (QED) is 0.426. The Morgan fingerprint density at radius 1 is 0.909 bits per heavy atom. The maximum atomic E-state index is 13.4. The molecule has 1 heterocycles. The molecule has 0 spiro atoms. The van der Waals surface area contributed by atoms with Gasteiger partial charge in [-0.1, -0.05) is 42.5 Å². The summed E-state index contributed by atoms with van der Waals surface area (Å²) in [6.07, 6.45) is 0.969. The van der Waals surface area contributed by atoms with Gasteiger partial charge in [0.2, 0.25) is 0 Å². The predicted octanol–water partition coefficient (Wildman–Crippen LogP) is 3.29. The molecule has 0 bridgehead atoms.